The van der Waals surface area contributed by atoms with Gasteiger partial charge in [-0.1, -0.05) is 11.6 Å². The van der Waals surface area contributed by atoms with E-state index in [2.05, 4.69) is 6.92 Å². The number of aliphatic hydroxyl groups excluding tert-OH is 1. The fourth-order valence-corrected chi connectivity index (χ4v) is 3.26. The number of hydrogen-bond acceptors (Lipinski definition) is 3. The predicted molar refractivity (Wildman–Crippen MR) is 79.1 cm³/mol. The number of fused-ring (bicyclic) bond motifs is 1. The lowest BCUT2D eigenvalue weighted by Gasteiger charge is -2.03. The van der Waals surface area contributed by atoms with Crippen molar-refractivity contribution >= 4 is 33.9 Å². The number of rotatable bonds is 2. The van der Waals surface area contributed by atoms with Gasteiger partial charge in [0.2, 0.25) is 0 Å². The van der Waals surface area contributed by atoms with Crippen LogP contribution >= 0.6 is 22.9 Å². The Balaban J connectivity index is 2.03. The summed E-state index contributed by atoms with van der Waals surface area (Å²) in [5, 5.41) is 12.0. The zero-order valence-electron chi connectivity index (χ0n) is 10.6. The molecule has 1 atom stereocenters. The molecule has 0 radical (unpaired) electrons. The van der Waals surface area contributed by atoms with Gasteiger partial charge in [0, 0.05) is 20.2 Å². The second-order valence-corrected chi connectivity index (χ2v) is 6.35. The van der Waals surface area contributed by atoms with Crippen LogP contribution in [0.15, 0.2) is 34.7 Å². The predicted octanol–water partition coefficient (Wildman–Crippen LogP) is 4.85. The summed E-state index contributed by atoms with van der Waals surface area (Å²) in [7, 11) is 0. The van der Waals surface area contributed by atoms with Crippen molar-refractivity contribution in [3.8, 4) is 0 Å². The minimum absolute atomic E-state index is 0.554. The van der Waals surface area contributed by atoms with Gasteiger partial charge in [-0.3, -0.25) is 0 Å². The van der Waals surface area contributed by atoms with Crippen LogP contribution in [0, 0.1) is 13.8 Å². The van der Waals surface area contributed by atoms with Gasteiger partial charge in [-0.05, 0) is 49.7 Å². The molecule has 0 amide bonds. The van der Waals surface area contributed by atoms with Gasteiger partial charge in [0.15, 0.2) is 0 Å². The van der Waals surface area contributed by atoms with Crippen molar-refractivity contribution in [2.75, 3.05) is 0 Å². The van der Waals surface area contributed by atoms with E-state index in [1.807, 2.05) is 31.2 Å². The largest absolute Gasteiger partial charge is 0.458 e. The normalized spacial score (nSPS) is 13.1. The molecule has 0 bridgehead atoms. The zero-order valence-corrected chi connectivity index (χ0v) is 12.2. The Hall–Kier alpha value is -1.29. The molecule has 1 unspecified atom stereocenters. The molecule has 1 N–H and O–H groups in total. The summed E-state index contributed by atoms with van der Waals surface area (Å²) < 4.78 is 5.69. The summed E-state index contributed by atoms with van der Waals surface area (Å²) in [5.74, 6) is 0.554. The molecule has 0 aliphatic heterocycles. The van der Waals surface area contributed by atoms with Crippen LogP contribution in [0.1, 0.15) is 27.2 Å². The molecule has 2 nitrogen and oxygen atoms in total. The van der Waals surface area contributed by atoms with Crippen molar-refractivity contribution in [1.29, 1.82) is 0 Å². The van der Waals surface area contributed by atoms with Gasteiger partial charge >= 0.3 is 0 Å². The molecule has 0 aliphatic carbocycles. The van der Waals surface area contributed by atoms with Gasteiger partial charge in [0.25, 0.3) is 0 Å². The molecule has 0 saturated carbocycles. The first-order valence-corrected chi connectivity index (χ1v) is 7.18. The van der Waals surface area contributed by atoms with E-state index in [-0.39, 0.29) is 0 Å². The smallest absolute Gasteiger partial charge is 0.146 e. The van der Waals surface area contributed by atoms with E-state index < -0.39 is 6.10 Å². The van der Waals surface area contributed by atoms with E-state index >= 15 is 0 Å². The summed E-state index contributed by atoms with van der Waals surface area (Å²) in [6.07, 6.45) is -0.719. The molecule has 2 heterocycles. The van der Waals surface area contributed by atoms with Crippen molar-refractivity contribution in [1.82, 2.24) is 0 Å². The number of thiophene rings is 1. The number of aliphatic hydroxyl groups is 1. The molecule has 2 aromatic heterocycles. The fourth-order valence-electron chi connectivity index (χ4n) is 2.05. The van der Waals surface area contributed by atoms with Gasteiger partial charge in [0.1, 0.15) is 17.4 Å². The first kappa shape index (κ1) is 12.7. The minimum atomic E-state index is -0.719. The number of hydrogen-bond donors (Lipinski definition) is 1. The second-order valence-electron chi connectivity index (χ2n) is 4.62. The Labute approximate surface area is 120 Å². The Kier molecular flexibility index (Phi) is 3.13. The van der Waals surface area contributed by atoms with E-state index in [1.54, 1.807) is 17.4 Å². The third-order valence-electron chi connectivity index (χ3n) is 3.22. The summed E-state index contributed by atoms with van der Waals surface area (Å²) in [4.78, 5) is 2.12. The van der Waals surface area contributed by atoms with E-state index in [9.17, 15) is 5.11 Å². The average Bonchev–Trinajstić information content (AvgIpc) is 2.92. The third kappa shape index (κ3) is 2.29. The quantitative estimate of drug-likeness (QED) is 0.733. The number of halogens is 1. The van der Waals surface area contributed by atoms with Gasteiger partial charge in [-0.25, -0.2) is 0 Å². The molecule has 0 aliphatic rings. The van der Waals surface area contributed by atoms with Crippen LogP contribution in [-0.4, -0.2) is 5.11 Å². The molecule has 1 aromatic carbocycles. The van der Waals surface area contributed by atoms with Crippen LogP contribution in [-0.2, 0) is 0 Å². The number of benzene rings is 1. The van der Waals surface area contributed by atoms with Crippen LogP contribution < -0.4 is 0 Å². The lowest BCUT2D eigenvalue weighted by atomic mass is 10.2. The summed E-state index contributed by atoms with van der Waals surface area (Å²) in [5.41, 5.74) is 1.93. The summed E-state index contributed by atoms with van der Waals surface area (Å²) >= 11 is 7.54. The highest BCUT2D eigenvalue weighted by Gasteiger charge is 2.18. The topological polar surface area (TPSA) is 33.4 Å². The van der Waals surface area contributed by atoms with Crippen molar-refractivity contribution in [2.45, 2.75) is 20.0 Å². The zero-order chi connectivity index (χ0) is 13.6. The third-order valence-corrected chi connectivity index (χ3v) is 4.66. The van der Waals surface area contributed by atoms with E-state index in [4.69, 9.17) is 16.0 Å². The monoisotopic (exact) mass is 292 g/mol. The van der Waals surface area contributed by atoms with Gasteiger partial charge in [-0.15, -0.1) is 11.3 Å². The Morgan fingerprint density at radius 3 is 2.68 bits per heavy atom. The fraction of sp³-hybridized carbons (Fsp3) is 0.200. The minimum Gasteiger partial charge on any atom is -0.458 e. The Morgan fingerprint density at radius 2 is 2.00 bits per heavy atom. The molecule has 98 valence electrons. The lowest BCUT2D eigenvalue weighted by Crippen LogP contribution is -1.94. The van der Waals surface area contributed by atoms with Crippen LogP contribution in [0.3, 0.4) is 0 Å². The average molecular weight is 293 g/mol. The van der Waals surface area contributed by atoms with Crippen molar-refractivity contribution in [3.05, 3.63) is 56.4 Å². The maximum atomic E-state index is 10.4. The molecular formula is C15H13ClO2S. The molecular weight excluding hydrogens is 280 g/mol. The summed E-state index contributed by atoms with van der Waals surface area (Å²) in [6.45, 7) is 4.09. The van der Waals surface area contributed by atoms with E-state index in [0.29, 0.717) is 10.8 Å². The van der Waals surface area contributed by atoms with E-state index in [0.717, 1.165) is 15.8 Å². The van der Waals surface area contributed by atoms with Crippen molar-refractivity contribution < 1.29 is 9.52 Å². The highest BCUT2D eigenvalue weighted by Crippen LogP contribution is 2.34. The molecule has 3 rings (SSSR count). The first-order valence-electron chi connectivity index (χ1n) is 5.98. The van der Waals surface area contributed by atoms with Crippen LogP contribution in [0.2, 0.25) is 5.02 Å². The molecule has 0 fully saturated rings. The highest BCUT2D eigenvalue weighted by molar-refractivity contribution is 7.12. The SMILES string of the molecule is Cc1cc(C(O)c2cc3cc(Cl)ccc3o2)sc1C. The standard InChI is InChI=1S/C15H13ClO2S/c1-8-5-14(19-9(8)2)15(17)13-7-10-6-11(16)3-4-12(10)18-13/h3-7,15,17H,1-2H3. The molecule has 4 heteroatoms. The van der Waals surface area contributed by atoms with Crippen molar-refractivity contribution in [3.63, 3.8) is 0 Å². The second kappa shape index (κ2) is 4.67. The van der Waals surface area contributed by atoms with Gasteiger partial charge in [-0.2, -0.15) is 0 Å². The molecule has 19 heavy (non-hydrogen) atoms. The van der Waals surface area contributed by atoms with Gasteiger partial charge < -0.3 is 9.52 Å². The Morgan fingerprint density at radius 1 is 1.21 bits per heavy atom. The molecule has 3 aromatic rings. The summed E-state index contributed by atoms with van der Waals surface area (Å²) in [6, 6.07) is 9.28. The molecule has 0 saturated heterocycles. The Bertz CT molecular complexity index is 722. The van der Waals surface area contributed by atoms with Gasteiger partial charge in [0.05, 0.1) is 0 Å². The number of aryl methyl sites for hydroxylation is 2. The van der Waals surface area contributed by atoms with Crippen molar-refractivity contribution in [2.24, 2.45) is 0 Å². The lowest BCUT2D eigenvalue weighted by molar-refractivity contribution is 0.196. The van der Waals surface area contributed by atoms with Crippen LogP contribution in [0.4, 0.5) is 0 Å². The maximum absolute atomic E-state index is 10.4. The van der Waals surface area contributed by atoms with Crippen LogP contribution in [0.5, 0.6) is 0 Å². The highest BCUT2D eigenvalue weighted by atomic mass is 35.5. The number of furan rings is 1. The van der Waals surface area contributed by atoms with E-state index in [1.165, 1.54) is 10.4 Å². The molecule has 0 spiro atoms. The maximum Gasteiger partial charge on any atom is 0.146 e. The van der Waals surface area contributed by atoms with Crippen LogP contribution in [0.25, 0.3) is 11.0 Å². The first-order chi connectivity index (χ1) is 9.04.